The molecule has 0 bridgehead atoms. The molecule has 1 unspecified atom stereocenters. The van der Waals surface area contributed by atoms with E-state index in [9.17, 15) is 4.79 Å². The van der Waals surface area contributed by atoms with E-state index in [1.54, 1.807) is 11.8 Å². The third-order valence-corrected chi connectivity index (χ3v) is 3.71. The second kappa shape index (κ2) is 3.83. The number of thioether (sulfide) groups is 1. The maximum atomic E-state index is 10.6. The van der Waals surface area contributed by atoms with Crippen molar-refractivity contribution in [2.75, 3.05) is 11.5 Å². The molecule has 0 N–H and O–H groups in total. The predicted octanol–water partition coefficient (Wildman–Crippen LogP) is 1.28. The lowest BCUT2D eigenvalue weighted by Crippen LogP contribution is -2.42. The molecule has 4 nitrogen and oxygen atoms in total. The predicted molar refractivity (Wildman–Crippen MR) is 62.8 cm³/mol. The van der Waals surface area contributed by atoms with Crippen molar-refractivity contribution < 1.29 is 9.53 Å². The van der Waals surface area contributed by atoms with Crippen molar-refractivity contribution in [2.24, 2.45) is 4.99 Å². The molecule has 0 aromatic carbocycles. The van der Waals surface area contributed by atoms with E-state index in [1.807, 2.05) is 29.3 Å². The van der Waals surface area contributed by atoms with Crippen LogP contribution in [0.2, 0.25) is 0 Å². The Morgan fingerprint density at radius 2 is 2.44 bits per heavy atom. The number of fused-ring (bicyclic) bond motifs is 1. The van der Waals surface area contributed by atoms with Gasteiger partial charge in [0.05, 0.1) is 5.70 Å². The summed E-state index contributed by atoms with van der Waals surface area (Å²) >= 11 is 1.80. The number of hydrogen-bond acceptors (Lipinski definition) is 5. The second-order valence-electron chi connectivity index (χ2n) is 3.63. The quantitative estimate of drug-likeness (QED) is 0.675. The summed E-state index contributed by atoms with van der Waals surface area (Å²) in [5.41, 5.74) is 2.17. The smallest absolute Gasteiger partial charge is 0.295 e. The van der Waals surface area contributed by atoms with E-state index in [4.69, 9.17) is 4.74 Å². The molecule has 3 aliphatic heterocycles. The molecule has 1 atom stereocenters. The molecule has 0 saturated carbocycles. The lowest BCUT2D eigenvalue weighted by atomic mass is 10.1. The molecule has 0 aromatic rings. The van der Waals surface area contributed by atoms with Gasteiger partial charge in [0.15, 0.2) is 0 Å². The van der Waals surface area contributed by atoms with Crippen LogP contribution in [0, 0.1) is 0 Å². The fourth-order valence-electron chi connectivity index (χ4n) is 2.00. The zero-order valence-electron chi connectivity index (χ0n) is 8.50. The number of allylic oxidation sites excluding steroid dienone is 2. The molecule has 3 rings (SSSR count). The van der Waals surface area contributed by atoms with E-state index >= 15 is 0 Å². The molecule has 3 aliphatic rings. The molecule has 0 amide bonds. The Morgan fingerprint density at radius 3 is 3.31 bits per heavy atom. The number of ether oxygens (including phenoxy) is 1. The first-order chi connectivity index (χ1) is 7.90. The molecule has 0 spiro atoms. The summed E-state index contributed by atoms with van der Waals surface area (Å²) < 4.78 is 5.17. The standard InChI is InChI=1S/C11H10N2O2S/c14-7-15-11-8-5-16-6-9(8)12-10-3-1-2-4-13(10)11/h1-4,7,11H,5-6H2. The number of aliphatic imine (C=N–C) groups is 1. The Morgan fingerprint density at radius 1 is 1.50 bits per heavy atom. The summed E-state index contributed by atoms with van der Waals surface area (Å²) in [4.78, 5) is 17.0. The largest absolute Gasteiger partial charge is 0.439 e. The Balaban J connectivity index is 2.03. The minimum Gasteiger partial charge on any atom is -0.439 e. The van der Waals surface area contributed by atoms with Crippen LogP contribution in [0.5, 0.6) is 0 Å². The first kappa shape index (κ1) is 9.72. The number of rotatable bonds is 2. The van der Waals surface area contributed by atoms with E-state index in [-0.39, 0.29) is 6.23 Å². The third-order valence-electron chi connectivity index (χ3n) is 2.72. The minimum atomic E-state index is -0.309. The van der Waals surface area contributed by atoms with Gasteiger partial charge in [-0.1, -0.05) is 6.08 Å². The summed E-state index contributed by atoms with van der Waals surface area (Å²) in [5, 5.41) is 0. The molecule has 0 aliphatic carbocycles. The molecule has 82 valence electrons. The van der Waals surface area contributed by atoms with E-state index in [0.717, 1.165) is 28.6 Å². The van der Waals surface area contributed by atoms with Crippen molar-refractivity contribution >= 4 is 24.1 Å². The molecule has 3 heterocycles. The van der Waals surface area contributed by atoms with Crippen molar-refractivity contribution in [3.63, 3.8) is 0 Å². The zero-order chi connectivity index (χ0) is 11.0. The van der Waals surface area contributed by atoms with Crippen LogP contribution in [0.4, 0.5) is 0 Å². The van der Waals surface area contributed by atoms with Crippen LogP contribution in [-0.4, -0.2) is 34.9 Å². The average Bonchev–Trinajstić information content (AvgIpc) is 2.77. The highest BCUT2D eigenvalue weighted by Gasteiger charge is 2.34. The zero-order valence-corrected chi connectivity index (χ0v) is 9.31. The molecule has 0 radical (unpaired) electrons. The summed E-state index contributed by atoms with van der Waals surface area (Å²) in [6.45, 7) is 0.507. The van der Waals surface area contributed by atoms with Crippen LogP contribution in [0.25, 0.3) is 0 Å². The van der Waals surface area contributed by atoms with Gasteiger partial charge in [0, 0.05) is 23.3 Å². The van der Waals surface area contributed by atoms with Gasteiger partial charge in [-0.25, -0.2) is 4.99 Å². The van der Waals surface area contributed by atoms with E-state index in [1.165, 1.54) is 0 Å². The summed E-state index contributed by atoms with van der Waals surface area (Å²) in [6, 6.07) is 0. The van der Waals surface area contributed by atoms with E-state index in [2.05, 4.69) is 4.99 Å². The van der Waals surface area contributed by atoms with Crippen LogP contribution in [-0.2, 0) is 9.53 Å². The molecular weight excluding hydrogens is 224 g/mol. The number of hydrogen-bond donors (Lipinski definition) is 0. The van der Waals surface area contributed by atoms with Crippen molar-refractivity contribution in [2.45, 2.75) is 6.23 Å². The summed E-state index contributed by atoms with van der Waals surface area (Å²) in [7, 11) is 0. The highest BCUT2D eigenvalue weighted by Crippen LogP contribution is 2.34. The molecule has 0 aromatic heterocycles. The fraction of sp³-hybridized carbons (Fsp3) is 0.273. The first-order valence-electron chi connectivity index (χ1n) is 5.01. The van der Waals surface area contributed by atoms with Crippen molar-refractivity contribution in [3.8, 4) is 0 Å². The summed E-state index contributed by atoms with van der Waals surface area (Å²) in [6.07, 6.45) is 7.35. The van der Waals surface area contributed by atoms with E-state index < -0.39 is 0 Å². The van der Waals surface area contributed by atoms with Gasteiger partial charge in [0.2, 0.25) is 6.23 Å². The van der Waals surface area contributed by atoms with Gasteiger partial charge in [-0.3, -0.25) is 9.69 Å². The molecule has 16 heavy (non-hydrogen) atoms. The monoisotopic (exact) mass is 234 g/mol. The lowest BCUT2D eigenvalue weighted by Gasteiger charge is -2.33. The minimum absolute atomic E-state index is 0.309. The Labute approximate surface area is 97.4 Å². The molecular formula is C11H10N2O2S. The van der Waals surface area contributed by atoms with Crippen molar-refractivity contribution in [1.29, 1.82) is 0 Å². The third kappa shape index (κ3) is 1.39. The Kier molecular flexibility index (Phi) is 2.32. The van der Waals surface area contributed by atoms with E-state index in [0.29, 0.717) is 6.47 Å². The SMILES string of the molecule is O=COC1C2=C(CSC2)N=C2C=CC=CN21. The number of nitrogens with zero attached hydrogens (tertiary/aromatic N) is 2. The highest BCUT2D eigenvalue weighted by molar-refractivity contribution is 7.99. The van der Waals surface area contributed by atoms with Gasteiger partial charge < -0.3 is 4.74 Å². The maximum Gasteiger partial charge on any atom is 0.295 e. The van der Waals surface area contributed by atoms with Crippen LogP contribution < -0.4 is 0 Å². The van der Waals surface area contributed by atoms with Crippen LogP contribution in [0.15, 0.2) is 40.7 Å². The fourth-order valence-corrected chi connectivity index (χ4v) is 3.07. The number of carbonyl (C=O) groups excluding carboxylic acids is 1. The van der Waals surface area contributed by atoms with Gasteiger partial charge in [0.1, 0.15) is 5.84 Å². The normalized spacial score (nSPS) is 26.4. The van der Waals surface area contributed by atoms with Crippen molar-refractivity contribution in [1.82, 2.24) is 4.90 Å². The molecule has 0 saturated heterocycles. The van der Waals surface area contributed by atoms with Gasteiger partial charge in [0.25, 0.3) is 6.47 Å². The topological polar surface area (TPSA) is 41.9 Å². The number of amidine groups is 1. The average molecular weight is 234 g/mol. The van der Waals surface area contributed by atoms with Crippen molar-refractivity contribution in [3.05, 3.63) is 35.7 Å². The van der Waals surface area contributed by atoms with Crippen LogP contribution in [0.1, 0.15) is 0 Å². The molecule has 0 fully saturated rings. The second-order valence-corrected chi connectivity index (χ2v) is 4.61. The summed E-state index contributed by atoms with van der Waals surface area (Å²) in [5.74, 6) is 2.64. The lowest BCUT2D eigenvalue weighted by molar-refractivity contribution is -0.135. The van der Waals surface area contributed by atoms with Gasteiger partial charge in [-0.2, -0.15) is 11.8 Å². The Hall–Kier alpha value is -1.49. The Bertz CT molecular complexity index is 451. The van der Waals surface area contributed by atoms with Crippen LogP contribution in [0.3, 0.4) is 0 Å². The first-order valence-corrected chi connectivity index (χ1v) is 6.16. The van der Waals surface area contributed by atoms with Gasteiger partial charge in [-0.05, 0) is 12.2 Å². The van der Waals surface area contributed by atoms with Gasteiger partial charge >= 0.3 is 0 Å². The highest BCUT2D eigenvalue weighted by atomic mass is 32.2. The van der Waals surface area contributed by atoms with Crippen LogP contribution >= 0.6 is 11.8 Å². The molecule has 5 heteroatoms. The number of carbonyl (C=O) groups is 1. The maximum absolute atomic E-state index is 10.6. The van der Waals surface area contributed by atoms with Gasteiger partial charge in [-0.15, -0.1) is 0 Å².